The first kappa shape index (κ1) is 105. The Balaban J connectivity index is 2.84. The van der Waals surface area contributed by atoms with Crippen molar-refractivity contribution in [3.8, 4) is 0 Å². The Morgan fingerprint density at radius 1 is 0.322 bits per heavy atom. The van der Waals surface area contributed by atoms with E-state index in [9.17, 15) is 101 Å². The van der Waals surface area contributed by atoms with Gasteiger partial charge in [-0.25, -0.2) is 4.79 Å². The van der Waals surface area contributed by atoms with Gasteiger partial charge in [0.1, 0.15) is 90.6 Å². The van der Waals surface area contributed by atoms with Crippen LogP contribution in [0.25, 0.3) is 0 Å². The number of rotatable bonds is 51. The van der Waals surface area contributed by atoms with Gasteiger partial charge in [-0.3, -0.25) is 91.1 Å². The molecular formula is C77H128N20O21. The maximum Gasteiger partial charge on any atom is 0.326 e. The van der Waals surface area contributed by atoms with Gasteiger partial charge in [-0.1, -0.05) is 120 Å². The van der Waals surface area contributed by atoms with Crippen LogP contribution in [0.3, 0.4) is 0 Å². The zero-order chi connectivity index (χ0) is 90.5. The molecule has 0 aliphatic rings. The van der Waals surface area contributed by atoms with E-state index in [1.165, 1.54) is 55.4 Å². The molecule has 0 unspecified atom stereocenters. The van der Waals surface area contributed by atoms with E-state index in [1.807, 2.05) is 6.07 Å². The van der Waals surface area contributed by atoms with Gasteiger partial charge in [0.2, 0.25) is 112 Å². The van der Waals surface area contributed by atoms with Crippen molar-refractivity contribution in [2.75, 3.05) is 19.6 Å². The fraction of sp³-hybridized carbons (Fsp3) is 0.662. The average Bonchev–Trinajstić information content (AvgIpc) is 0.847. The van der Waals surface area contributed by atoms with Crippen LogP contribution in [0.5, 0.6) is 0 Å². The largest absolute Gasteiger partial charge is 0.480 e. The normalized spacial score (nSPS) is 15.5. The van der Waals surface area contributed by atoms with Crippen molar-refractivity contribution >= 4 is 118 Å². The minimum atomic E-state index is -1.42. The van der Waals surface area contributed by atoms with Crippen LogP contribution in [-0.2, 0) is 102 Å². The second kappa shape index (κ2) is 51.6. The summed E-state index contributed by atoms with van der Waals surface area (Å²) in [6.45, 7) is 28.5. The second-order valence-electron chi connectivity index (χ2n) is 31.3. The van der Waals surface area contributed by atoms with Gasteiger partial charge in [0.25, 0.3) is 0 Å². The highest BCUT2D eigenvalue weighted by atomic mass is 16.4. The van der Waals surface area contributed by atoms with Crippen LogP contribution in [0.1, 0.15) is 176 Å². The maximum atomic E-state index is 13.9. The first-order valence-corrected chi connectivity index (χ1v) is 39.5. The molecule has 0 heterocycles. The lowest BCUT2D eigenvalue weighted by atomic mass is 9.98. The Labute approximate surface area is 688 Å². The number of carbonyl (C=O) groups excluding carboxylic acids is 19. The van der Waals surface area contributed by atoms with Crippen LogP contribution in [0, 0.1) is 35.5 Å². The fourth-order valence-corrected chi connectivity index (χ4v) is 11.1. The lowest BCUT2D eigenvalue weighted by molar-refractivity contribution is -0.144. The number of primary amides is 1. The summed E-state index contributed by atoms with van der Waals surface area (Å²) in [5, 5.41) is 54.0. The predicted octanol–water partition coefficient (Wildman–Crippen LogP) is -5.21. The Morgan fingerprint density at radius 3 is 0.992 bits per heavy atom. The van der Waals surface area contributed by atoms with E-state index < -0.39 is 258 Å². The van der Waals surface area contributed by atoms with E-state index in [0.717, 1.165) is 5.56 Å². The number of benzene rings is 1. The Bertz CT molecular complexity index is 3670. The summed E-state index contributed by atoms with van der Waals surface area (Å²) in [6, 6.07) is -11.2. The van der Waals surface area contributed by atoms with Gasteiger partial charge in [0, 0.05) is 6.42 Å². The van der Waals surface area contributed by atoms with Crippen LogP contribution in [0.15, 0.2) is 30.3 Å². The number of nitrogens with two attached hydrogens (primary N) is 2. The molecule has 0 spiro atoms. The van der Waals surface area contributed by atoms with Crippen LogP contribution in [-0.4, -0.2) is 240 Å². The quantitative estimate of drug-likeness (QED) is 0.0290. The van der Waals surface area contributed by atoms with Crippen molar-refractivity contribution in [2.24, 2.45) is 47.0 Å². The molecule has 662 valence electrons. The lowest BCUT2D eigenvalue weighted by Crippen LogP contribution is -2.60. The van der Waals surface area contributed by atoms with Crippen molar-refractivity contribution in [3.05, 3.63) is 35.9 Å². The first-order valence-electron chi connectivity index (χ1n) is 39.5. The molecule has 0 saturated heterocycles. The number of aliphatic carboxylic acids is 1. The number of carbonyl (C=O) groups is 20. The zero-order valence-corrected chi connectivity index (χ0v) is 71.2. The monoisotopic (exact) mass is 1670 g/mol. The Kier molecular flexibility index (Phi) is 45.7. The second-order valence-corrected chi connectivity index (χ2v) is 31.3. The van der Waals surface area contributed by atoms with Crippen molar-refractivity contribution in [1.29, 1.82) is 0 Å². The minimum absolute atomic E-state index is 0.0453. The van der Waals surface area contributed by atoms with E-state index in [-0.39, 0.29) is 43.9 Å². The van der Waals surface area contributed by atoms with Gasteiger partial charge in [0.05, 0.1) is 25.7 Å². The molecule has 23 N–H and O–H groups in total. The summed E-state index contributed by atoms with van der Waals surface area (Å²) in [5.41, 5.74) is 12.1. The van der Waals surface area contributed by atoms with Gasteiger partial charge in [-0.05, 0) is 122 Å². The number of carboxylic acids is 1. The number of carboxylic acid groups (broad SMARTS) is 1. The summed E-state index contributed by atoms with van der Waals surface area (Å²) < 4.78 is 0. The molecule has 0 radical (unpaired) electrons. The van der Waals surface area contributed by atoms with Crippen molar-refractivity contribution in [3.63, 3.8) is 0 Å². The average molecular weight is 1670 g/mol. The predicted molar refractivity (Wildman–Crippen MR) is 430 cm³/mol. The Morgan fingerprint density at radius 2 is 0.610 bits per heavy atom. The maximum absolute atomic E-state index is 13.9. The SMILES string of the molecule is CC[C@H](C)[C@H](NC(=O)[C@H](CCC(N)=O)NC(=O)[C@H](C)NC(=O)[C@H](C)NC(=O)[C@H](C)NC(=O)[C@H](C)NC(=O)[C@@H](NC(=O)CNC(=O)[C@H](CC(C)C)NC(=O)[C@H](C)NC(=O)[C@H](C)NC(=O)CNC(=O)[C@H](C)NC(=O)[C@H](CC(C)C)NC(=O)[C@@H](NC(=O)[C@@H](NC(=O)CNC(=O)[C@H](C)NC(=O)[C@@H](N)Cc1ccccc1)C(C)C)C(C)C)C(C)C)C(=O)O. The van der Waals surface area contributed by atoms with Crippen LogP contribution >= 0.6 is 0 Å². The summed E-state index contributed by atoms with van der Waals surface area (Å²) in [6.07, 6.45) is 0.0740. The molecule has 41 heteroatoms. The van der Waals surface area contributed by atoms with Gasteiger partial charge in [0.15, 0.2) is 0 Å². The summed E-state index contributed by atoms with van der Waals surface area (Å²) in [5.74, 6) is -19.4. The molecule has 19 amide bonds. The molecule has 0 aliphatic heterocycles. The molecule has 0 aromatic heterocycles. The molecular weight excluding hydrogens is 1540 g/mol. The highest BCUT2D eigenvalue weighted by Crippen LogP contribution is 2.14. The van der Waals surface area contributed by atoms with Gasteiger partial charge in [-0.2, -0.15) is 0 Å². The molecule has 0 fully saturated rings. The summed E-state index contributed by atoms with van der Waals surface area (Å²) >= 11 is 0. The molecule has 0 aliphatic carbocycles. The van der Waals surface area contributed by atoms with Crippen LogP contribution in [0.2, 0.25) is 0 Å². The molecule has 0 saturated carbocycles. The molecule has 0 bridgehead atoms. The molecule has 1 aromatic carbocycles. The van der Waals surface area contributed by atoms with Crippen molar-refractivity contribution < 1.29 is 101 Å². The zero-order valence-electron chi connectivity index (χ0n) is 71.2. The fourth-order valence-electron chi connectivity index (χ4n) is 11.1. The third-order valence-electron chi connectivity index (χ3n) is 18.5. The van der Waals surface area contributed by atoms with E-state index >= 15 is 0 Å². The lowest BCUT2D eigenvalue weighted by Gasteiger charge is -2.29. The molecule has 41 nitrogen and oxygen atoms in total. The Hall–Kier alpha value is -11.4. The summed E-state index contributed by atoms with van der Waals surface area (Å²) in [4.78, 5) is 263. The van der Waals surface area contributed by atoms with Crippen molar-refractivity contribution in [2.45, 2.75) is 274 Å². The molecule has 1 rings (SSSR count). The molecule has 118 heavy (non-hydrogen) atoms. The van der Waals surface area contributed by atoms with E-state index in [1.54, 1.807) is 107 Å². The standard InChI is InChI=1S/C77H128N20O21/c1-21-40(12)61(77(117)118)97-72(112)51(27-28-54(79)98)91-68(108)47(19)87-66(106)45(17)84-65(105)44(16)85-67(107)46(18)90-74(114)58(37(6)7)94-57(101)34-82-71(111)52(29-35(2)3)92-69(109)48(20)86-64(104)43(15)83-55(99)32-80-63(103)42(14)89-73(113)53(30-36(4)5)93-75(115)60(39(10)11)96-76(116)59(38(8)9)95-56(100)33-81-62(102)41(13)88-70(110)50(78)31-49-25-23-22-24-26-49/h22-26,35-48,50-53,58-61H,21,27-34,78H2,1-20H3,(H2,79,98)(H,80,103)(H,81,102)(H,82,111)(H,83,99)(H,84,105)(H,85,107)(H,86,104)(H,87,106)(H,88,110)(H,89,113)(H,90,114)(H,91,108)(H,92,109)(H,93,115)(H,94,101)(H,95,100)(H,96,116)(H,97,112)(H,117,118)/t40-,41-,42-,43-,44-,45-,46-,47-,48-,50-,51-,52-,53-,58-,59-,60-,61-/m0/s1. The third-order valence-corrected chi connectivity index (χ3v) is 18.5. The summed E-state index contributed by atoms with van der Waals surface area (Å²) in [7, 11) is 0. The molecule has 17 atom stereocenters. The van der Waals surface area contributed by atoms with E-state index in [2.05, 4.69) is 95.7 Å². The number of hydrogen-bond donors (Lipinski definition) is 21. The number of hydrogen-bond acceptors (Lipinski definition) is 21. The third kappa shape index (κ3) is 38.6. The van der Waals surface area contributed by atoms with Crippen LogP contribution < -0.4 is 107 Å². The van der Waals surface area contributed by atoms with Gasteiger partial charge < -0.3 is 112 Å². The minimum Gasteiger partial charge on any atom is -0.480 e. The smallest absolute Gasteiger partial charge is 0.326 e. The highest BCUT2D eigenvalue weighted by Gasteiger charge is 2.37. The topological polar surface area (TPSA) is 630 Å². The van der Waals surface area contributed by atoms with E-state index in [4.69, 9.17) is 11.5 Å². The first-order chi connectivity index (χ1) is 54.8. The number of nitrogens with one attached hydrogen (secondary N) is 18. The highest BCUT2D eigenvalue weighted by molar-refractivity contribution is 6.01. The number of amides is 19. The van der Waals surface area contributed by atoms with Gasteiger partial charge in [-0.15, -0.1) is 0 Å². The molecule has 1 aromatic rings. The van der Waals surface area contributed by atoms with Gasteiger partial charge >= 0.3 is 5.97 Å². The van der Waals surface area contributed by atoms with Crippen molar-refractivity contribution in [1.82, 2.24) is 95.7 Å². The van der Waals surface area contributed by atoms with Crippen LogP contribution in [0.4, 0.5) is 0 Å². The van der Waals surface area contributed by atoms with E-state index in [0.29, 0.717) is 6.42 Å².